The van der Waals surface area contributed by atoms with Crippen molar-refractivity contribution in [1.82, 2.24) is 5.32 Å². The van der Waals surface area contributed by atoms with Crippen molar-refractivity contribution in [2.75, 3.05) is 20.3 Å². The molecule has 24 heavy (non-hydrogen) atoms. The zero-order valence-corrected chi connectivity index (χ0v) is 13.9. The van der Waals surface area contributed by atoms with E-state index in [-0.39, 0.29) is 11.5 Å². The first-order valence-electron chi connectivity index (χ1n) is 7.50. The van der Waals surface area contributed by atoms with Crippen LogP contribution < -0.4 is 14.8 Å². The van der Waals surface area contributed by atoms with E-state index in [9.17, 15) is 14.7 Å². The molecule has 0 bridgehead atoms. The van der Waals surface area contributed by atoms with Crippen molar-refractivity contribution < 1.29 is 29.3 Å². The molecule has 1 unspecified atom stereocenters. The zero-order chi connectivity index (χ0) is 18.2. The molecule has 0 saturated carbocycles. The van der Waals surface area contributed by atoms with E-state index in [4.69, 9.17) is 14.6 Å². The van der Waals surface area contributed by atoms with Crippen molar-refractivity contribution >= 4 is 11.9 Å². The Morgan fingerprint density at radius 1 is 1.33 bits per heavy atom. The lowest BCUT2D eigenvalue weighted by molar-refractivity contribution is -0.157. The molecular formula is C17H23NO6. The molecule has 0 aliphatic carbocycles. The molecule has 0 saturated heterocycles. The van der Waals surface area contributed by atoms with Crippen LogP contribution in [0.25, 0.3) is 0 Å². The number of unbranched alkanes of at least 4 members (excludes halogenated alkanes) is 1. The van der Waals surface area contributed by atoms with Crippen LogP contribution in [-0.4, -0.2) is 42.4 Å². The molecule has 0 fully saturated rings. The Morgan fingerprint density at radius 3 is 2.62 bits per heavy atom. The van der Waals surface area contributed by atoms with Gasteiger partial charge in [0.05, 0.1) is 13.7 Å². The standard InChI is InChI=1S/C17H23NO6/c1-4-15(19)18-9-5-6-10-24-13-8-7-12(11-14(13)23-3)17(2,22)16(20)21/h4,7-8,11,22H,1,5-6,9-10H2,2-3H3,(H,18,19)(H,20,21). The summed E-state index contributed by atoms with van der Waals surface area (Å²) in [6, 6.07) is 4.48. The molecule has 0 heterocycles. The smallest absolute Gasteiger partial charge is 0.340 e. The van der Waals surface area contributed by atoms with Crippen molar-refractivity contribution in [2.45, 2.75) is 25.4 Å². The number of benzene rings is 1. The van der Waals surface area contributed by atoms with E-state index >= 15 is 0 Å². The predicted octanol–water partition coefficient (Wildman–Crippen LogP) is 1.45. The maximum atomic E-state index is 11.1. The molecule has 0 spiro atoms. The summed E-state index contributed by atoms with van der Waals surface area (Å²) in [4.78, 5) is 22.1. The number of hydrogen-bond acceptors (Lipinski definition) is 5. The number of aliphatic carboxylic acids is 1. The summed E-state index contributed by atoms with van der Waals surface area (Å²) in [6.07, 6.45) is 2.68. The van der Waals surface area contributed by atoms with E-state index in [0.717, 1.165) is 12.8 Å². The number of carboxylic acid groups (broad SMARTS) is 1. The number of amides is 1. The molecule has 1 rings (SSSR count). The lowest BCUT2D eigenvalue weighted by Gasteiger charge is -2.20. The summed E-state index contributed by atoms with van der Waals surface area (Å²) >= 11 is 0. The van der Waals surface area contributed by atoms with Crippen molar-refractivity contribution in [3.8, 4) is 11.5 Å². The minimum atomic E-state index is -2.00. The van der Waals surface area contributed by atoms with E-state index in [1.807, 2.05) is 0 Å². The molecule has 0 aliphatic heterocycles. The number of ether oxygens (including phenoxy) is 2. The molecule has 1 aromatic carbocycles. The van der Waals surface area contributed by atoms with Gasteiger partial charge in [0.15, 0.2) is 17.1 Å². The number of methoxy groups -OCH3 is 1. The molecule has 0 aliphatic rings. The van der Waals surface area contributed by atoms with Gasteiger partial charge < -0.3 is 25.0 Å². The fourth-order valence-corrected chi connectivity index (χ4v) is 1.91. The third-order valence-corrected chi connectivity index (χ3v) is 3.46. The SMILES string of the molecule is C=CC(=O)NCCCCOc1ccc(C(C)(O)C(=O)O)cc1OC. The van der Waals surface area contributed by atoms with Gasteiger partial charge in [-0.2, -0.15) is 0 Å². The minimum Gasteiger partial charge on any atom is -0.493 e. The monoisotopic (exact) mass is 337 g/mol. The lowest BCUT2D eigenvalue weighted by atomic mass is 9.96. The highest BCUT2D eigenvalue weighted by atomic mass is 16.5. The van der Waals surface area contributed by atoms with Gasteiger partial charge in [0, 0.05) is 6.54 Å². The molecule has 3 N–H and O–H groups in total. The van der Waals surface area contributed by atoms with E-state index < -0.39 is 11.6 Å². The number of nitrogens with one attached hydrogen (secondary N) is 1. The van der Waals surface area contributed by atoms with Gasteiger partial charge in [-0.05, 0) is 43.5 Å². The Kier molecular flexibility index (Phi) is 7.26. The van der Waals surface area contributed by atoms with Crippen LogP contribution in [0.2, 0.25) is 0 Å². The summed E-state index contributed by atoms with van der Waals surface area (Å²) in [5.74, 6) is -0.759. The molecule has 7 nitrogen and oxygen atoms in total. The summed E-state index contributed by atoms with van der Waals surface area (Å²) in [6.45, 7) is 5.51. The molecule has 1 aromatic rings. The molecule has 0 aromatic heterocycles. The molecule has 0 radical (unpaired) electrons. The first kappa shape index (κ1) is 19.5. The van der Waals surface area contributed by atoms with Gasteiger partial charge in [0.25, 0.3) is 0 Å². The Hall–Kier alpha value is -2.54. The van der Waals surface area contributed by atoms with Gasteiger partial charge in [0.1, 0.15) is 0 Å². The Balaban J connectivity index is 2.59. The average molecular weight is 337 g/mol. The minimum absolute atomic E-state index is 0.200. The lowest BCUT2D eigenvalue weighted by Crippen LogP contribution is -2.31. The first-order valence-corrected chi connectivity index (χ1v) is 7.50. The van der Waals surface area contributed by atoms with Crippen molar-refractivity contribution in [3.63, 3.8) is 0 Å². The van der Waals surface area contributed by atoms with Gasteiger partial charge in [-0.1, -0.05) is 12.6 Å². The zero-order valence-electron chi connectivity index (χ0n) is 13.9. The van der Waals surface area contributed by atoms with E-state index in [1.165, 1.54) is 32.2 Å². The average Bonchev–Trinajstić information content (AvgIpc) is 2.57. The van der Waals surface area contributed by atoms with Crippen LogP contribution in [0.3, 0.4) is 0 Å². The maximum Gasteiger partial charge on any atom is 0.340 e. The van der Waals surface area contributed by atoms with Crippen LogP contribution >= 0.6 is 0 Å². The highest BCUT2D eigenvalue weighted by Gasteiger charge is 2.33. The number of rotatable bonds is 10. The van der Waals surface area contributed by atoms with Gasteiger partial charge in [-0.25, -0.2) is 4.79 Å². The van der Waals surface area contributed by atoms with Crippen LogP contribution in [-0.2, 0) is 15.2 Å². The van der Waals surface area contributed by atoms with E-state index in [0.29, 0.717) is 24.7 Å². The third kappa shape index (κ3) is 5.27. The van der Waals surface area contributed by atoms with Gasteiger partial charge in [-0.15, -0.1) is 0 Å². The molecule has 7 heteroatoms. The highest BCUT2D eigenvalue weighted by molar-refractivity contribution is 5.86. The Morgan fingerprint density at radius 2 is 2.04 bits per heavy atom. The summed E-state index contributed by atoms with van der Waals surface area (Å²) in [7, 11) is 1.44. The number of carbonyl (C=O) groups excluding carboxylic acids is 1. The van der Waals surface area contributed by atoms with Gasteiger partial charge in [0.2, 0.25) is 5.91 Å². The predicted molar refractivity (Wildman–Crippen MR) is 88.1 cm³/mol. The van der Waals surface area contributed by atoms with E-state index in [2.05, 4.69) is 11.9 Å². The number of hydrogen-bond donors (Lipinski definition) is 3. The summed E-state index contributed by atoms with van der Waals surface area (Å²) in [5.41, 5.74) is -1.80. The first-order chi connectivity index (χ1) is 11.3. The summed E-state index contributed by atoms with van der Waals surface area (Å²) < 4.78 is 10.8. The second-order valence-electron chi connectivity index (χ2n) is 5.29. The Labute approximate surface area is 140 Å². The van der Waals surface area contributed by atoms with Crippen LogP contribution in [0.4, 0.5) is 0 Å². The normalized spacial score (nSPS) is 12.8. The van der Waals surface area contributed by atoms with Crippen LogP contribution in [0, 0.1) is 0 Å². The molecule has 1 amide bonds. The van der Waals surface area contributed by atoms with Crippen molar-refractivity contribution in [3.05, 3.63) is 36.4 Å². The third-order valence-electron chi connectivity index (χ3n) is 3.46. The molecular weight excluding hydrogens is 314 g/mol. The quantitative estimate of drug-likeness (QED) is 0.441. The maximum absolute atomic E-state index is 11.1. The van der Waals surface area contributed by atoms with Gasteiger partial charge >= 0.3 is 5.97 Å². The number of carboxylic acids is 1. The van der Waals surface area contributed by atoms with Crippen LogP contribution in [0.5, 0.6) is 11.5 Å². The van der Waals surface area contributed by atoms with Crippen LogP contribution in [0.15, 0.2) is 30.9 Å². The van der Waals surface area contributed by atoms with Gasteiger partial charge in [-0.3, -0.25) is 4.79 Å². The van der Waals surface area contributed by atoms with E-state index in [1.54, 1.807) is 6.07 Å². The Bertz CT molecular complexity index is 597. The molecule has 132 valence electrons. The van der Waals surface area contributed by atoms with Crippen LogP contribution in [0.1, 0.15) is 25.3 Å². The number of aliphatic hydroxyl groups is 1. The largest absolute Gasteiger partial charge is 0.493 e. The fourth-order valence-electron chi connectivity index (χ4n) is 1.91. The second kappa shape index (κ2) is 8.93. The van der Waals surface area contributed by atoms with Crippen molar-refractivity contribution in [1.29, 1.82) is 0 Å². The number of carbonyl (C=O) groups is 2. The molecule has 1 atom stereocenters. The summed E-state index contributed by atoms with van der Waals surface area (Å²) in [5, 5.41) is 21.7. The highest BCUT2D eigenvalue weighted by Crippen LogP contribution is 2.32. The fraction of sp³-hybridized carbons (Fsp3) is 0.412. The van der Waals surface area contributed by atoms with Crippen molar-refractivity contribution in [2.24, 2.45) is 0 Å². The topological polar surface area (TPSA) is 105 Å². The second-order valence-corrected chi connectivity index (χ2v) is 5.29.